The van der Waals surface area contributed by atoms with Gasteiger partial charge in [0, 0.05) is 17.5 Å². The summed E-state index contributed by atoms with van der Waals surface area (Å²) in [6, 6.07) is 3.42. The molecule has 0 aliphatic carbocycles. The van der Waals surface area contributed by atoms with E-state index in [0.717, 1.165) is 24.3 Å². The molecule has 0 aromatic carbocycles. The van der Waals surface area contributed by atoms with Gasteiger partial charge in [0.2, 0.25) is 17.6 Å². The van der Waals surface area contributed by atoms with E-state index >= 15 is 0 Å². The van der Waals surface area contributed by atoms with Crippen molar-refractivity contribution in [3.8, 4) is 11.4 Å². The van der Waals surface area contributed by atoms with Gasteiger partial charge in [-0.3, -0.25) is 14.7 Å². The number of aromatic nitrogens is 3. The third-order valence-electron chi connectivity index (χ3n) is 4.16. The minimum absolute atomic E-state index is 0.0103. The molecule has 0 saturated carbocycles. The number of carbonyl (C=O) groups excluding carboxylic acids is 1. The molecule has 1 aliphatic heterocycles. The highest BCUT2D eigenvalue weighted by Crippen LogP contribution is 2.18. The normalized spacial score (nSPS) is 16.8. The van der Waals surface area contributed by atoms with Crippen molar-refractivity contribution in [2.45, 2.75) is 39.2 Å². The zero-order valence-corrected chi connectivity index (χ0v) is 14.2. The quantitative estimate of drug-likeness (QED) is 0.904. The van der Waals surface area contributed by atoms with E-state index in [4.69, 9.17) is 4.52 Å². The summed E-state index contributed by atoms with van der Waals surface area (Å²) in [6.45, 7) is 6.17. The average molecular weight is 329 g/mol. The monoisotopic (exact) mass is 329 g/mol. The van der Waals surface area contributed by atoms with Crippen LogP contribution >= 0.6 is 0 Å². The maximum atomic E-state index is 12.2. The first-order chi connectivity index (χ1) is 11.6. The second-order valence-electron chi connectivity index (χ2n) is 6.27. The first-order valence-electron chi connectivity index (χ1n) is 8.40. The van der Waals surface area contributed by atoms with Crippen LogP contribution in [0.2, 0.25) is 0 Å². The summed E-state index contributed by atoms with van der Waals surface area (Å²) in [4.78, 5) is 22.9. The standard InChI is InChI=1S/C17H23N5O2/c1-12-10-14(6-7-18-12)16-20-17(24-21-16)13(2)19-15(23)11-22-8-4-3-5-9-22/h6-7,10,13H,3-5,8-9,11H2,1-2H3,(H,19,23)/t13-/m0/s1. The summed E-state index contributed by atoms with van der Waals surface area (Å²) in [5.41, 5.74) is 1.74. The van der Waals surface area contributed by atoms with Crippen molar-refractivity contribution in [2.75, 3.05) is 19.6 Å². The molecule has 3 heterocycles. The molecule has 7 heteroatoms. The molecule has 7 nitrogen and oxygen atoms in total. The third-order valence-corrected chi connectivity index (χ3v) is 4.16. The Bertz CT molecular complexity index is 694. The van der Waals surface area contributed by atoms with Gasteiger partial charge >= 0.3 is 0 Å². The molecule has 1 fully saturated rings. The number of hydrogen-bond donors (Lipinski definition) is 1. The fraction of sp³-hybridized carbons (Fsp3) is 0.529. The Morgan fingerprint density at radius 1 is 1.38 bits per heavy atom. The van der Waals surface area contributed by atoms with Gasteiger partial charge in [-0.05, 0) is 51.9 Å². The predicted octanol–water partition coefficient (Wildman–Crippen LogP) is 2.10. The van der Waals surface area contributed by atoms with Gasteiger partial charge in [-0.1, -0.05) is 11.6 Å². The second-order valence-corrected chi connectivity index (χ2v) is 6.27. The minimum atomic E-state index is -0.313. The van der Waals surface area contributed by atoms with E-state index in [1.807, 2.05) is 26.0 Å². The van der Waals surface area contributed by atoms with Crippen LogP contribution < -0.4 is 5.32 Å². The highest BCUT2D eigenvalue weighted by Gasteiger charge is 2.19. The highest BCUT2D eigenvalue weighted by atomic mass is 16.5. The number of piperidine rings is 1. The predicted molar refractivity (Wildman–Crippen MR) is 89.1 cm³/mol. The molecule has 24 heavy (non-hydrogen) atoms. The summed E-state index contributed by atoms with van der Waals surface area (Å²) < 4.78 is 5.30. The summed E-state index contributed by atoms with van der Waals surface area (Å²) in [5.74, 6) is 0.906. The van der Waals surface area contributed by atoms with E-state index in [9.17, 15) is 4.79 Å². The molecule has 0 unspecified atom stereocenters. The Morgan fingerprint density at radius 2 is 2.17 bits per heavy atom. The first kappa shape index (κ1) is 16.6. The lowest BCUT2D eigenvalue weighted by molar-refractivity contribution is -0.123. The molecule has 3 rings (SSSR count). The number of rotatable bonds is 5. The SMILES string of the molecule is Cc1cc(-c2noc([C@H](C)NC(=O)CN3CCCCC3)n2)ccn1. The van der Waals surface area contributed by atoms with Crippen LogP contribution in [0.1, 0.15) is 43.8 Å². The molecule has 2 aromatic heterocycles. The van der Waals surface area contributed by atoms with Gasteiger partial charge in [0.15, 0.2) is 0 Å². The van der Waals surface area contributed by atoms with Crippen LogP contribution in [-0.2, 0) is 4.79 Å². The smallest absolute Gasteiger partial charge is 0.249 e. The zero-order valence-electron chi connectivity index (χ0n) is 14.2. The Hall–Kier alpha value is -2.28. The van der Waals surface area contributed by atoms with Gasteiger partial charge in [0.05, 0.1) is 6.54 Å². The van der Waals surface area contributed by atoms with Crippen molar-refractivity contribution in [3.63, 3.8) is 0 Å². The lowest BCUT2D eigenvalue weighted by Crippen LogP contribution is -2.40. The molecule has 128 valence electrons. The summed E-state index contributed by atoms with van der Waals surface area (Å²) in [7, 11) is 0. The number of nitrogens with zero attached hydrogens (tertiary/aromatic N) is 4. The Balaban J connectivity index is 1.59. The maximum absolute atomic E-state index is 12.2. The Morgan fingerprint density at radius 3 is 2.92 bits per heavy atom. The molecular weight excluding hydrogens is 306 g/mol. The van der Waals surface area contributed by atoms with Gasteiger partial charge in [-0.15, -0.1) is 0 Å². The number of aryl methyl sites for hydroxylation is 1. The van der Waals surface area contributed by atoms with Crippen molar-refractivity contribution in [1.82, 2.24) is 25.3 Å². The maximum Gasteiger partial charge on any atom is 0.249 e. The van der Waals surface area contributed by atoms with Gasteiger partial charge < -0.3 is 9.84 Å². The number of pyridine rings is 1. The van der Waals surface area contributed by atoms with Gasteiger partial charge in [-0.25, -0.2) is 0 Å². The number of nitrogens with one attached hydrogen (secondary N) is 1. The largest absolute Gasteiger partial charge is 0.343 e. The topological polar surface area (TPSA) is 84.2 Å². The Labute approximate surface area is 141 Å². The number of carbonyl (C=O) groups is 1. The fourth-order valence-corrected chi connectivity index (χ4v) is 2.88. The molecule has 1 saturated heterocycles. The van der Waals surface area contributed by atoms with E-state index in [-0.39, 0.29) is 11.9 Å². The van der Waals surface area contributed by atoms with Crippen LogP contribution in [-0.4, -0.2) is 45.6 Å². The molecule has 2 aromatic rings. The van der Waals surface area contributed by atoms with Gasteiger partial charge in [0.25, 0.3) is 0 Å². The number of hydrogen-bond acceptors (Lipinski definition) is 6. The molecule has 0 bridgehead atoms. The average Bonchev–Trinajstić information content (AvgIpc) is 3.06. The van der Waals surface area contributed by atoms with E-state index in [1.165, 1.54) is 19.3 Å². The summed E-state index contributed by atoms with van der Waals surface area (Å²) >= 11 is 0. The fourth-order valence-electron chi connectivity index (χ4n) is 2.88. The van der Waals surface area contributed by atoms with Crippen molar-refractivity contribution in [2.24, 2.45) is 0 Å². The van der Waals surface area contributed by atoms with Gasteiger partial charge in [0.1, 0.15) is 6.04 Å². The highest BCUT2D eigenvalue weighted by molar-refractivity contribution is 5.78. The van der Waals surface area contributed by atoms with E-state index < -0.39 is 0 Å². The van der Waals surface area contributed by atoms with Crippen LogP contribution in [0.4, 0.5) is 0 Å². The molecule has 1 N–H and O–H groups in total. The second kappa shape index (κ2) is 7.53. The van der Waals surface area contributed by atoms with Crippen molar-refractivity contribution >= 4 is 5.91 Å². The molecule has 1 atom stereocenters. The van der Waals surface area contributed by atoms with Crippen LogP contribution in [0.5, 0.6) is 0 Å². The molecular formula is C17H23N5O2. The van der Waals surface area contributed by atoms with E-state index in [2.05, 4.69) is 25.3 Å². The van der Waals surface area contributed by atoms with Gasteiger partial charge in [-0.2, -0.15) is 4.98 Å². The van der Waals surface area contributed by atoms with Crippen LogP contribution in [0.15, 0.2) is 22.9 Å². The number of likely N-dealkylation sites (tertiary alicyclic amines) is 1. The van der Waals surface area contributed by atoms with Crippen molar-refractivity contribution < 1.29 is 9.32 Å². The molecule has 0 radical (unpaired) electrons. The minimum Gasteiger partial charge on any atom is -0.343 e. The first-order valence-corrected chi connectivity index (χ1v) is 8.40. The Kier molecular flexibility index (Phi) is 5.20. The van der Waals surface area contributed by atoms with E-state index in [1.54, 1.807) is 6.20 Å². The van der Waals surface area contributed by atoms with Crippen molar-refractivity contribution in [3.05, 3.63) is 29.9 Å². The van der Waals surface area contributed by atoms with Crippen LogP contribution in [0, 0.1) is 6.92 Å². The third kappa shape index (κ3) is 4.17. The molecule has 1 amide bonds. The van der Waals surface area contributed by atoms with Crippen LogP contribution in [0.3, 0.4) is 0 Å². The van der Waals surface area contributed by atoms with Crippen molar-refractivity contribution in [1.29, 1.82) is 0 Å². The summed E-state index contributed by atoms with van der Waals surface area (Å²) in [6.07, 6.45) is 5.31. The number of amides is 1. The lowest BCUT2D eigenvalue weighted by atomic mass is 10.1. The van der Waals surface area contributed by atoms with E-state index in [0.29, 0.717) is 18.3 Å². The molecule has 1 aliphatic rings. The summed E-state index contributed by atoms with van der Waals surface area (Å²) in [5, 5.41) is 6.93. The zero-order chi connectivity index (χ0) is 16.9. The molecule has 0 spiro atoms. The lowest BCUT2D eigenvalue weighted by Gasteiger charge is -2.26. The van der Waals surface area contributed by atoms with Crippen LogP contribution in [0.25, 0.3) is 11.4 Å².